The van der Waals surface area contributed by atoms with E-state index in [1.807, 2.05) is 6.07 Å². The maximum absolute atomic E-state index is 8.12. The molecule has 5 N–H and O–H groups in total. The van der Waals surface area contributed by atoms with Gasteiger partial charge in [-0.2, -0.15) is 14.6 Å². The first-order valence-corrected chi connectivity index (χ1v) is 8.52. The number of anilines is 2. The summed E-state index contributed by atoms with van der Waals surface area (Å²) in [5, 5.41) is 1.23. The summed E-state index contributed by atoms with van der Waals surface area (Å²) in [6.45, 7) is 8.57. The highest BCUT2D eigenvalue weighted by Crippen LogP contribution is 2.37. The molecule has 0 bridgehead atoms. The minimum absolute atomic E-state index is 0.131. The van der Waals surface area contributed by atoms with Crippen molar-refractivity contribution in [3.8, 4) is 11.5 Å². The molecule has 0 saturated heterocycles. The fourth-order valence-electron chi connectivity index (χ4n) is 2.92. The molecule has 0 fully saturated rings. The normalized spacial score (nSPS) is 10.4. The number of nitrogens with one attached hydrogen (secondary N) is 1. The van der Waals surface area contributed by atoms with E-state index >= 15 is 0 Å². The maximum Gasteiger partial charge on any atom is 0.373 e. The lowest BCUT2D eigenvalue weighted by Gasteiger charge is -2.15. The quantitative estimate of drug-likeness (QED) is 0.641. The number of aromatic amines is 1. The molecular formula is C19H23N5O3. The Labute approximate surface area is 156 Å². The molecule has 2 aromatic heterocycles. The lowest BCUT2D eigenvalue weighted by atomic mass is 9.99. The molecule has 0 unspecified atom stereocenters. The van der Waals surface area contributed by atoms with Crippen LogP contribution in [0.2, 0.25) is 0 Å². The van der Waals surface area contributed by atoms with E-state index in [1.54, 1.807) is 0 Å². The van der Waals surface area contributed by atoms with Gasteiger partial charge >= 0.3 is 6.15 Å². The predicted octanol–water partition coefficient (Wildman–Crippen LogP) is 3.33. The Morgan fingerprint density at radius 3 is 2.44 bits per heavy atom. The minimum Gasteiger partial charge on any atom is -0.451 e. The van der Waals surface area contributed by atoms with Crippen LogP contribution >= 0.6 is 0 Å². The molecule has 142 valence electrons. The summed E-state index contributed by atoms with van der Waals surface area (Å²) in [4.78, 5) is 27.6. The molecule has 0 aliphatic rings. The number of rotatable bonds is 4. The molecule has 0 spiro atoms. The standard InChI is InChI=1S/C18H23N5O.CO2/c1-5-13-10(4)12-6-11(9(2)3)15(7-14(12)22-13)24-16-8-21-18(20)23-17(16)19;2-1-3/h6-9,22H,5H2,1-4H3,(H4,19,20,21,23);. The number of nitrogens with two attached hydrogens (primary N) is 2. The average molecular weight is 369 g/mol. The van der Waals surface area contributed by atoms with Gasteiger partial charge in [0.2, 0.25) is 5.95 Å². The average Bonchev–Trinajstić information content (AvgIpc) is 2.92. The topological polar surface area (TPSA) is 137 Å². The summed E-state index contributed by atoms with van der Waals surface area (Å²) >= 11 is 0. The highest BCUT2D eigenvalue weighted by molar-refractivity contribution is 5.87. The van der Waals surface area contributed by atoms with Gasteiger partial charge in [-0.1, -0.05) is 20.8 Å². The van der Waals surface area contributed by atoms with Crippen molar-refractivity contribution in [1.29, 1.82) is 0 Å². The SMILES string of the molecule is CCc1[nH]c2cc(Oc3cnc(N)nc3N)c(C(C)C)cc2c1C.O=C=O. The van der Waals surface area contributed by atoms with Gasteiger partial charge in [0.25, 0.3) is 0 Å². The number of ether oxygens (including phenoxy) is 1. The van der Waals surface area contributed by atoms with E-state index in [1.165, 1.54) is 22.8 Å². The van der Waals surface area contributed by atoms with Crippen LogP contribution in [-0.4, -0.2) is 21.1 Å². The minimum atomic E-state index is 0.131. The van der Waals surface area contributed by atoms with Gasteiger partial charge in [-0.25, -0.2) is 4.98 Å². The Balaban J connectivity index is 0.000000817. The Morgan fingerprint density at radius 1 is 1.22 bits per heavy atom. The van der Waals surface area contributed by atoms with E-state index < -0.39 is 0 Å². The van der Waals surface area contributed by atoms with Crippen LogP contribution in [0.3, 0.4) is 0 Å². The molecule has 0 amide bonds. The third kappa shape index (κ3) is 4.24. The first-order valence-electron chi connectivity index (χ1n) is 8.52. The molecule has 1 aromatic carbocycles. The van der Waals surface area contributed by atoms with E-state index in [-0.39, 0.29) is 17.9 Å². The fourth-order valence-corrected chi connectivity index (χ4v) is 2.92. The molecule has 8 nitrogen and oxygen atoms in total. The summed E-state index contributed by atoms with van der Waals surface area (Å²) in [7, 11) is 0. The van der Waals surface area contributed by atoms with Crippen LogP contribution < -0.4 is 16.2 Å². The summed E-state index contributed by atoms with van der Waals surface area (Å²) in [5.41, 5.74) is 16.1. The second kappa shape index (κ2) is 8.33. The maximum atomic E-state index is 8.12. The molecule has 8 heteroatoms. The smallest absolute Gasteiger partial charge is 0.373 e. The first kappa shape index (κ1) is 19.9. The van der Waals surface area contributed by atoms with Gasteiger partial charge in [-0.3, -0.25) is 0 Å². The van der Waals surface area contributed by atoms with Crippen molar-refractivity contribution in [2.24, 2.45) is 0 Å². The van der Waals surface area contributed by atoms with Crippen LogP contribution in [0.5, 0.6) is 11.5 Å². The van der Waals surface area contributed by atoms with Crippen molar-refractivity contribution < 1.29 is 14.3 Å². The molecule has 0 saturated carbocycles. The molecule has 3 aromatic rings. The summed E-state index contributed by atoms with van der Waals surface area (Å²) in [5.74, 6) is 1.83. The molecule has 0 aliphatic heterocycles. The van der Waals surface area contributed by atoms with Crippen molar-refractivity contribution in [2.75, 3.05) is 11.5 Å². The van der Waals surface area contributed by atoms with Gasteiger partial charge in [-0.15, -0.1) is 0 Å². The van der Waals surface area contributed by atoms with E-state index in [0.29, 0.717) is 11.7 Å². The second-order valence-corrected chi connectivity index (χ2v) is 6.34. The van der Waals surface area contributed by atoms with E-state index in [0.717, 1.165) is 23.3 Å². The van der Waals surface area contributed by atoms with E-state index in [4.69, 9.17) is 25.8 Å². The van der Waals surface area contributed by atoms with E-state index in [2.05, 4.69) is 48.7 Å². The van der Waals surface area contributed by atoms with Gasteiger partial charge < -0.3 is 21.2 Å². The van der Waals surface area contributed by atoms with Crippen molar-refractivity contribution in [3.05, 3.63) is 35.2 Å². The van der Waals surface area contributed by atoms with Gasteiger partial charge in [-0.05, 0) is 36.5 Å². The number of hydrogen-bond donors (Lipinski definition) is 3. The van der Waals surface area contributed by atoms with Gasteiger partial charge in [0, 0.05) is 22.7 Å². The van der Waals surface area contributed by atoms with Crippen LogP contribution in [0, 0.1) is 6.92 Å². The summed E-state index contributed by atoms with van der Waals surface area (Å²) in [6, 6.07) is 4.21. The van der Waals surface area contributed by atoms with Crippen molar-refractivity contribution in [1.82, 2.24) is 15.0 Å². The summed E-state index contributed by atoms with van der Waals surface area (Å²) < 4.78 is 6.02. The Kier molecular flexibility index (Phi) is 6.15. The molecule has 0 aliphatic carbocycles. The number of aryl methyl sites for hydroxylation is 2. The Hall–Kier alpha value is -3.38. The molecule has 0 atom stereocenters. The zero-order valence-electron chi connectivity index (χ0n) is 15.8. The number of nitrogens with zero attached hydrogens (tertiary/aromatic N) is 2. The fraction of sp³-hybridized carbons (Fsp3) is 0.316. The zero-order chi connectivity index (χ0) is 20.1. The molecule has 0 radical (unpaired) electrons. The van der Waals surface area contributed by atoms with Gasteiger partial charge in [0.15, 0.2) is 11.6 Å². The number of hydrogen-bond acceptors (Lipinski definition) is 7. The van der Waals surface area contributed by atoms with Crippen LogP contribution in [-0.2, 0) is 16.0 Å². The first-order chi connectivity index (χ1) is 12.8. The van der Waals surface area contributed by atoms with Crippen LogP contribution in [0.1, 0.15) is 43.5 Å². The Bertz CT molecular complexity index is 989. The van der Waals surface area contributed by atoms with Crippen LogP contribution in [0.25, 0.3) is 10.9 Å². The van der Waals surface area contributed by atoms with Crippen molar-refractivity contribution in [3.63, 3.8) is 0 Å². The molecule has 2 heterocycles. The van der Waals surface area contributed by atoms with Crippen molar-refractivity contribution >= 4 is 28.8 Å². The number of H-pyrrole nitrogens is 1. The number of aromatic nitrogens is 3. The largest absolute Gasteiger partial charge is 0.451 e. The molecular weight excluding hydrogens is 346 g/mol. The summed E-state index contributed by atoms with van der Waals surface area (Å²) in [6.07, 6.45) is 2.72. The van der Waals surface area contributed by atoms with Gasteiger partial charge in [0.05, 0.1) is 6.20 Å². The Morgan fingerprint density at radius 2 is 1.89 bits per heavy atom. The highest BCUT2D eigenvalue weighted by Gasteiger charge is 2.16. The highest BCUT2D eigenvalue weighted by atomic mass is 16.5. The lowest BCUT2D eigenvalue weighted by Crippen LogP contribution is -2.02. The van der Waals surface area contributed by atoms with Gasteiger partial charge in [0.1, 0.15) is 5.75 Å². The predicted molar refractivity (Wildman–Crippen MR) is 102 cm³/mol. The van der Waals surface area contributed by atoms with E-state index in [9.17, 15) is 0 Å². The number of benzene rings is 1. The zero-order valence-corrected chi connectivity index (χ0v) is 15.8. The molecule has 27 heavy (non-hydrogen) atoms. The van der Waals surface area contributed by atoms with Crippen molar-refractivity contribution in [2.45, 2.75) is 40.0 Å². The third-order valence-corrected chi connectivity index (χ3v) is 4.29. The number of carbonyl (C=O) groups excluding carboxylic acids is 2. The lowest BCUT2D eigenvalue weighted by molar-refractivity contribution is -0.191. The van der Waals surface area contributed by atoms with Crippen LogP contribution in [0.15, 0.2) is 18.3 Å². The molecule has 3 rings (SSSR count). The number of fused-ring (bicyclic) bond motifs is 1. The third-order valence-electron chi connectivity index (χ3n) is 4.29. The van der Waals surface area contributed by atoms with Crippen LogP contribution in [0.4, 0.5) is 11.8 Å². The second-order valence-electron chi connectivity index (χ2n) is 6.34. The number of nitrogen functional groups attached to an aromatic ring is 2. The monoisotopic (exact) mass is 369 g/mol.